The summed E-state index contributed by atoms with van der Waals surface area (Å²) >= 11 is 4.47. The molecule has 0 fully saturated rings. The van der Waals surface area contributed by atoms with Crippen molar-refractivity contribution in [2.75, 3.05) is 5.32 Å². The van der Waals surface area contributed by atoms with Gasteiger partial charge in [0.15, 0.2) is 0 Å². The van der Waals surface area contributed by atoms with Crippen LogP contribution >= 0.6 is 27.7 Å². The van der Waals surface area contributed by atoms with Crippen LogP contribution < -0.4 is 5.32 Å². The third-order valence-electron chi connectivity index (χ3n) is 2.64. The van der Waals surface area contributed by atoms with Gasteiger partial charge in [0.25, 0.3) is 5.91 Å². The summed E-state index contributed by atoms with van der Waals surface area (Å²) in [6.45, 7) is 0. The van der Waals surface area contributed by atoms with E-state index in [0.717, 1.165) is 27.2 Å². The highest BCUT2D eigenvalue weighted by molar-refractivity contribution is 9.10. The molecule has 0 aliphatic heterocycles. The minimum atomic E-state index is -0.159. The van der Waals surface area contributed by atoms with Gasteiger partial charge in [-0.3, -0.25) is 4.79 Å². The van der Waals surface area contributed by atoms with Gasteiger partial charge in [0, 0.05) is 10.0 Å². The van der Waals surface area contributed by atoms with Gasteiger partial charge < -0.3 is 5.32 Å². The molecule has 6 heteroatoms. The Morgan fingerprint density at radius 1 is 1.11 bits per heavy atom. The van der Waals surface area contributed by atoms with Gasteiger partial charge >= 0.3 is 0 Å². The Bertz CT molecular complexity index is 739. The van der Waals surface area contributed by atoms with Crippen LogP contribution in [0.1, 0.15) is 10.4 Å². The first-order valence-electron chi connectivity index (χ1n) is 5.52. The molecular weight excluding hydrogens is 326 g/mol. The number of fused-ring (bicyclic) bond motifs is 1. The van der Waals surface area contributed by atoms with E-state index in [-0.39, 0.29) is 5.91 Å². The molecule has 1 aromatic heterocycles. The Kier molecular flexibility index (Phi) is 3.27. The maximum absolute atomic E-state index is 12.1. The monoisotopic (exact) mass is 333 g/mol. The Balaban J connectivity index is 1.90. The predicted octanol–water partition coefficient (Wildman–Crippen LogP) is 3.71. The lowest BCUT2D eigenvalue weighted by Gasteiger charge is -2.05. The van der Waals surface area contributed by atoms with E-state index in [4.69, 9.17) is 0 Å². The third kappa shape index (κ3) is 2.50. The maximum atomic E-state index is 12.1. The number of anilines is 1. The van der Waals surface area contributed by atoms with Crippen molar-refractivity contribution in [3.05, 3.63) is 52.5 Å². The van der Waals surface area contributed by atoms with E-state index in [9.17, 15) is 4.79 Å². The summed E-state index contributed by atoms with van der Waals surface area (Å²) in [5.41, 5.74) is 2.79. The Morgan fingerprint density at radius 2 is 1.89 bits per heavy atom. The highest BCUT2D eigenvalue weighted by Gasteiger charge is 2.10. The molecule has 3 rings (SSSR count). The molecule has 4 nitrogen and oxygen atoms in total. The van der Waals surface area contributed by atoms with Gasteiger partial charge in [-0.2, -0.15) is 8.75 Å². The second kappa shape index (κ2) is 5.07. The van der Waals surface area contributed by atoms with Gasteiger partial charge in [-0.25, -0.2) is 0 Å². The molecule has 0 aliphatic carbocycles. The molecule has 0 unspecified atom stereocenters. The molecule has 0 bridgehead atoms. The second-order valence-corrected chi connectivity index (χ2v) is 5.34. The number of nitrogens with one attached hydrogen (secondary N) is 1. The average molecular weight is 334 g/mol. The average Bonchev–Trinajstić information content (AvgIpc) is 2.89. The van der Waals surface area contributed by atoms with E-state index in [1.807, 2.05) is 30.3 Å². The van der Waals surface area contributed by atoms with Crippen LogP contribution in [0.4, 0.5) is 5.69 Å². The lowest BCUT2D eigenvalue weighted by atomic mass is 10.2. The predicted molar refractivity (Wildman–Crippen MR) is 79.5 cm³/mol. The Labute approximate surface area is 121 Å². The summed E-state index contributed by atoms with van der Waals surface area (Å²) in [6.07, 6.45) is 0. The molecule has 0 radical (unpaired) electrons. The summed E-state index contributed by atoms with van der Waals surface area (Å²) in [7, 11) is 0. The molecular formula is C13H8BrN3OS. The molecule has 1 heterocycles. The number of amides is 1. The van der Waals surface area contributed by atoms with Crippen molar-refractivity contribution in [1.29, 1.82) is 0 Å². The SMILES string of the molecule is O=C(Nc1cccc2nsnc12)c1ccc(Br)cc1. The molecule has 0 spiro atoms. The highest BCUT2D eigenvalue weighted by Crippen LogP contribution is 2.22. The molecule has 94 valence electrons. The molecule has 0 aliphatic rings. The van der Waals surface area contributed by atoms with Gasteiger partial charge in [0.2, 0.25) is 0 Å². The fourth-order valence-electron chi connectivity index (χ4n) is 1.70. The zero-order chi connectivity index (χ0) is 13.2. The van der Waals surface area contributed by atoms with Gasteiger partial charge in [0.1, 0.15) is 11.0 Å². The number of aromatic nitrogens is 2. The second-order valence-electron chi connectivity index (χ2n) is 3.90. The first-order valence-corrected chi connectivity index (χ1v) is 7.04. The van der Waals surface area contributed by atoms with Crippen LogP contribution in [-0.4, -0.2) is 14.7 Å². The fraction of sp³-hybridized carbons (Fsp3) is 0. The van der Waals surface area contributed by atoms with Crippen LogP contribution in [-0.2, 0) is 0 Å². The van der Waals surface area contributed by atoms with Crippen molar-refractivity contribution in [2.24, 2.45) is 0 Å². The van der Waals surface area contributed by atoms with E-state index in [0.29, 0.717) is 11.3 Å². The third-order valence-corrected chi connectivity index (χ3v) is 3.71. The van der Waals surface area contributed by atoms with Gasteiger partial charge in [0.05, 0.1) is 17.4 Å². The lowest BCUT2D eigenvalue weighted by Crippen LogP contribution is -2.11. The molecule has 0 atom stereocenters. The van der Waals surface area contributed by atoms with Gasteiger partial charge in [-0.05, 0) is 36.4 Å². The lowest BCUT2D eigenvalue weighted by molar-refractivity contribution is 0.102. The van der Waals surface area contributed by atoms with Crippen LogP contribution in [0.5, 0.6) is 0 Å². The van der Waals surface area contributed by atoms with Gasteiger partial charge in [-0.15, -0.1) is 0 Å². The summed E-state index contributed by atoms with van der Waals surface area (Å²) in [5.74, 6) is -0.159. The Hall–Kier alpha value is -1.79. The van der Waals surface area contributed by atoms with E-state index in [1.165, 1.54) is 0 Å². The maximum Gasteiger partial charge on any atom is 0.255 e. The van der Waals surface area contributed by atoms with Crippen LogP contribution in [0.2, 0.25) is 0 Å². The first-order chi connectivity index (χ1) is 9.24. The molecule has 3 aromatic rings. The zero-order valence-electron chi connectivity index (χ0n) is 9.63. The number of halogens is 1. The highest BCUT2D eigenvalue weighted by atomic mass is 79.9. The minimum Gasteiger partial charge on any atom is -0.320 e. The minimum absolute atomic E-state index is 0.159. The molecule has 1 amide bonds. The summed E-state index contributed by atoms with van der Waals surface area (Å²) in [6, 6.07) is 12.7. The number of carbonyl (C=O) groups excluding carboxylic acids is 1. The van der Waals surface area contributed by atoms with Gasteiger partial charge in [-0.1, -0.05) is 22.0 Å². The molecule has 0 saturated heterocycles. The van der Waals surface area contributed by atoms with E-state index in [2.05, 4.69) is 30.0 Å². The number of hydrogen-bond donors (Lipinski definition) is 1. The normalized spacial score (nSPS) is 10.6. The summed E-state index contributed by atoms with van der Waals surface area (Å²) in [5, 5.41) is 2.86. The van der Waals surface area contributed by atoms with E-state index in [1.54, 1.807) is 12.1 Å². The topological polar surface area (TPSA) is 54.9 Å². The molecule has 2 aromatic carbocycles. The number of benzene rings is 2. The van der Waals surface area contributed by atoms with Crippen LogP contribution in [0.3, 0.4) is 0 Å². The van der Waals surface area contributed by atoms with Crippen molar-refractivity contribution in [2.45, 2.75) is 0 Å². The van der Waals surface area contributed by atoms with Crippen molar-refractivity contribution in [3.63, 3.8) is 0 Å². The fourth-order valence-corrected chi connectivity index (χ4v) is 2.52. The Morgan fingerprint density at radius 3 is 2.68 bits per heavy atom. The van der Waals surface area contributed by atoms with Crippen LogP contribution in [0.25, 0.3) is 11.0 Å². The zero-order valence-corrected chi connectivity index (χ0v) is 12.0. The first kappa shape index (κ1) is 12.3. The van der Waals surface area contributed by atoms with Crippen molar-refractivity contribution < 1.29 is 4.79 Å². The van der Waals surface area contributed by atoms with E-state index >= 15 is 0 Å². The number of carbonyl (C=O) groups is 1. The summed E-state index contributed by atoms with van der Waals surface area (Å²) < 4.78 is 9.27. The van der Waals surface area contributed by atoms with Crippen molar-refractivity contribution >= 4 is 50.3 Å². The largest absolute Gasteiger partial charge is 0.320 e. The van der Waals surface area contributed by atoms with Crippen molar-refractivity contribution in [1.82, 2.24) is 8.75 Å². The summed E-state index contributed by atoms with van der Waals surface area (Å²) in [4.78, 5) is 12.1. The van der Waals surface area contributed by atoms with Crippen molar-refractivity contribution in [3.8, 4) is 0 Å². The van der Waals surface area contributed by atoms with Crippen LogP contribution in [0.15, 0.2) is 46.9 Å². The quantitative estimate of drug-likeness (QED) is 0.777. The molecule has 19 heavy (non-hydrogen) atoms. The molecule has 0 saturated carbocycles. The number of nitrogens with zero attached hydrogens (tertiary/aromatic N) is 2. The van der Waals surface area contributed by atoms with Crippen LogP contribution in [0, 0.1) is 0 Å². The standard InChI is InChI=1S/C13H8BrN3OS/c14-9-6-4-8(5-7-9)13(18)15-10-2-1-3-11-12(10)17-19-16-11/h1-7H,(H,15,18). The number of rotatable bonds is 2. The smallest absolute Gasteiger partial charge is 0.255 e. The number of hydrogen-bond acceptors (Lipinski definition) is 4. The van der Waals surface area contributed by atoms with E-state index < -0.39 is 0 Å². The molecule has 1 N–H and O–H groups in total.